The average Bonchev–Trinajstić information content (AvgIpc) is 2.95. The molecule has 1 aromatic heterocycles. The van der Waals surface area contributed by atoms with Crippen LogP contribution < -0.4 is 0 Å². The van der Waals surface area contributed by atoms with Crippen molar-refractivity contribution in [3.8, 4) is 5.69 Å². The van der Waals surface area contributed by atoms with Gasteiger partial charge in [0, 0.05) is 18.5 Å². The lowest BCUT2D eigenvalue weighted by Crippen LogP contribution is -2.36. The Balaban J connectivity index is 1.74. The van der Waals surface area contributed by atoms with Gasteiger partial charge in [-0.2, -0.15) is 5.10 Å². The summed E-state index contributed by atoms with van der Waals surface area (Å²) in [5, 5.41) is 4.09. The molecule has 1 unspecified atom stereocenters. The van der Waals surface area contributed by atoms with Crippen molar-refractivity contribution in [2.45, 2.75) is 38.1 Å². The fraction of sp³-hybridized carbons (Fsp3) is 0.500. The maximum atomic E-state index is 13.9. The van der Waals surface area contributed by atoms with Crippen molar-refractivity contribution in [2.75, 3.05) is 13.6 Å². The first-order valence-corrected chi connectivity index (χ1v) is 7.69. The molecule has 1 fully saturated rings. The molecular formula is C16H20F2N4. The van der Waals surface area contributed by atoms with Crippen LogP contribution in [0.4, 0.5) is 8.78 Å². The number of rotatable bonds is 4. The topological polar surface area (TPSA) is 34.0 Å². The number of nitrogens with zero attached hydrogens (tertiary/aromatic N) is 4. The standard InChI is InChI=1S/C16H20F2N4/c1-21-9-3-2-4-13(21)6-8-16-19-11-20-22(16)15-7-5-12(17)10-14(15)18/h5,7,10-11,13H,2-4,6,8-9H2,1H3. The molecule has 2 heterocycles. The smallest absolute Gasteiger partial charge is 0.151 e. The number of halogens is 2. The highest BCUT2D eigenvalue weighted by Crippen LogP contribution is 2.21. The van der Waals surface area contributed by atoms with E-state index in [1.54, 1.807) is 0 Å². The van der Waals surface area contributed by atoms with Gasteiger partial charge in [0.05, 0.1) is 0 Å². The highest BCUT2D eigenvalue weighted by atomic mass is 19.1. The van der Waals surface area contributed by atoms with Crippen LogP contribution in [0.3, 0.4) is 0 Å². The number of aromatic nitrogens is 3. The second-order valence-electron chi connectivity index (χ2n) is 5.85. The van der Waals surface area contributed by atoms with Crippen LogP contribution in [0.5, 0.6) is 0 Å². The Morgan fingerprint density at radius 2 is 2.14 bits per heavy atom. The molecule has 1 aliphatic heterocycles. The Kier molecular flexibility index (Phi) is 4.47. The lowest BCUT2D eigenvalue weighted by atomic mass is 9.98. The molecule has 0 amide bonds. The Hall–Kier alpha value is -1.82. The van der Waals surface area contributed by atoms with Crippen LogP contribution >= 0.6 is 0 Å². The van der Waals surface area contributed by atoms with Crippen molar-refractivity contribution in [3.05, 3.63) is 42.0 Å². The Morgan fingerprint density at radius 1 is 1.27 bits per heavy atom. The summed E-state index contributed by atoms with van der Waals surface area (Å²) in [7, 11) is 2.15. The Labute approximate surface area is 128 Å². The molecule has 1 aromatic carbocycles. The number of hydrogen-bond acceptors (Lipinski definition) is 3. The maximum absolute atomic E-state index is 13.9. The number of piperidine rings is 1. The van der Waals surface area contributed by atoms with Crippen molar-refractivity contribution in [1.82, 2.24) is 19.7 Å². The van der Waals surface area contributed by atoms with Crippen LogP contribution in [-0.4, -0.2) is 39.3 Å². The predicted octanol–water partition coefficient (Wildman–Crippen LogP) is 2.96. The van der Waals surface area contributed by atoms with Crippen LogP contribution in [0.2, 0.25) is 0 Å². The maximum Gasteiger partial charge on any atom is 0.151 e. The normalized spacial score (nSPS) is 19.5. The van der Waals surface area contributed by atoms with Gasteiger partial charge in [0.25, 0.3) is 0 Å². The molecule has 0 spiro atoms. The summed E-state index contributed by atoms with van der Waals surface area (Å²) in [5.41, 5.74) is 0.242. The van der Waals surface area contributed by atoms with Gasteiger partial charge in [-0.25, -0.2) is 18.4 Å². The zero-order chi connectivity index (χ0) is 15.5. The van der Waals surface area contributed by atoms with Gasteiger partial charge in [-0.1, -0.05) is 6.42 Å². The minimum absolute atomic E-state index is 0.242. The monoisotopic (exact) mass is 306 g/mol. The van der Waals surface area contributed by atoms with Crippen LogP contribution in [0, 0.1) is 11.6 Å². The molecule has 1 aliphatic rings. The molecule has 0 radical (unpaired) electrons. The van der Waals surface area contributed by atoms with E-state index in [-0.39, 0.29) is 5.69 Å². The molecule has 0 aliphatic carbocycles. The van der Waals surface area contributed by atoms with Crippen LogP contribution in [0.1, 0.15) is 31.5 Å². The second-order valence-corrected chi connectivity index (χ2v) is 5.85. The minimum atomic E-state index is -0.624. The lowest BCUT2D eigenvalue weighted by Gasteiger charge is -2.32. The van der Waals surface area contributed by atoms with Gasteiger partial charge in [-0.15, -0.1) is 0 Å². The van der Waals surface area contributed by atoms with Gasteiger partial charge in [0.2, 0.25) is 0 Å². The summed E-state index contributed by atoms with van der Waals surface area (Å²) in [4.78, 5) is 6.62. The van der Waals surface area contributed by atoms with Gasteiger partial charge in [0.15, 0.2) is 5.82 Å². The summed E-state index contributed by atoms with van der Waals surface area (Å²) < 4.78 is 28.4. The van der Waals surface area contributed by atoms with Gasteiger partial charge in [-0.3, -0.25) is 0 Å². The van der Waals surface area contributed by atoms with Crippen molar-refractivity contribution in [3.63, 3.8) is 0 Å². The summed E-state index contributed by atoms with van der Waals surface area (Å²) in [6.45, 7) is 1.13. The van der Waals surface area contributed by atoms with E-state index in [1.165, 1.54) is 42.4 Å². The fourth-order valence-electron chi connectivity index (χ4n) is 3.09. The van der Waals surface area contributed by atoms with E-state index >= 15 is 0 Å². The summed E-state index contributed by atoms with van der Waals surface area (Å²) in [6, 6.07) is 4.04. The molecule has 3 rings (SSSR count). The van der Waals surface area contributed by atoms with Crippen molar-refractivity contribution < 1.29 is 8.78 Å². The summed E-state index contributed by atoms with van der Waals surface area (Å²) >= 11 is 0. The molecule has 0 N–H and O–H groups in total. The quantitative estimate of drug-likeness (QED) is 0.871. The van der Waals surface area contributed by atoms with E-state index < -0.39 is 11.6 Å². The molecular weight excluding hydrogens is 286 g/mol. The lowest BCUT2D eigenvalue weighted by molar-refractivity contribution is 0.175. The van der Waals surface area contributed by atoms with Gasteiger partial charge >= 0.3 is 0 Å². The molecule has 1 saturated heterocycles. The first kappa shape index (κ1) is 15.1. The fourth-order valence-corrected chi connectivity index (χ4v) is 3.09. The summed E-state index contributed by atoms with van der Waals surface area (Å²) in [6.07, 6.45) is 6.82. The number of hydrogen-bond donors (Lipinski definition) is 0. The minimum Gasteiger partial charge on any atom is -0.303 e. The molecule has 1 atom stereocenters. The third-order valence-electron chi connectivity index (χ3n) is 4.38. The average molecular weight is 306 g/mol. The van der Waals surface area contributed by atoms with Gasteiger partial charge in [-0.05, 0) is 45.0 Å². The van der Waals surface area contributed by atoms with E-state index in [0.29, 0.717) is 11.9 Å². The van der Waals surface area contributed by atoms with E-state index in [0.717, 1.165) is 25.5 Å². The molecule has 6 heteroatoms. The number of aryl methyl sites for hydroxylation is 1. The zero-order valence-corrected chi connectivity index (χ0v) is 12.7. The van der Waals surface area contributed by atoms with Crippen LogP contribution in [0.25, 0.3) is 5.69 Å². The van der Waals surface area contributed by atoms with Crippen molar-refractivity contribution in [2.24, 2.45) is 0 Å². The van der Waals surface area contributed by atoms with Crippen LogP contribution in [-0.2, 0) is 6.42 Å². The van der Waals surface area contributed by atoms with E-state index in [2.05, 4.69) is 22.0 Å². The number of likely N-dealkylation sites (tertiary alicyclic amines) is 1. The SMILES string of the molecule is CN1CCCCC1CCc1ncnn1-c1ccc(F)cc1F. The Bertz CT molecular complexity index is 641. The van der Waals surface area contributed by atoms with E-state index in [9.17, 15) is 8.78 Å². The number of benzene rings is 1. The predicted molar refractivity (Wildman–Crippen MR) is 79.9 cm³/mol. The van der Waals surface area contributed by atoms with E-state index in [1.807, 2.05) is 0 Å². The largest absolute Gasteiger partial charge is 0.303 e. The third-order valence-corrected chi connectivity index (χ3v) is 4.38. The molecule has 4 nitrogen and oxygen atoms in total. The van der Waals surface area contributed by atoms with Gasteiger partial charge in [0.1, 0.15) is 23.7 Å². The third kappa shape index (κ3) is 3.16. The molecule has 0 saturated carbocycles. The molecule has 22 heavy (non-hydrogen) atoms. The Morgan fingerprint density at radius 3 is 2.91 bits per heavy atom. The first-order valence-electron chi connectivity index (χ1n) is 7.69. The first-order chi connectivity index (χ1) is 10.6. The molecule has 118 valence electrons. The second kappa shape index (κ2) is 6.52. The van der Waals surface area contributed by atoms with Crippen molar-refractivity contribution >= 4 is 0 Å². The van der Waals surface area contributed by atoms with Crippen LogP contribution in [0.15, 0.2) is 24.5 Å². The molecule has 0 bridgehead atoms. The summed E-state index contributed by atoms with van der Waals surface area (Å²) in [5.74, 6) is -0.502. The highest BCUT2D eigenvalue weighted by molar-refractivity contribution is 5.33. The zero-order valence-electron chi connectivity index (χ0n) is 12.7. The van der Waals surface area contributed by atoms with Crippen molar-refractivity contribution in [1.29, 1.82) is 0 Å². The molecule has 2 aromatic rings. The highest BCUT2D eigenvalue weighted by Gasteiger charge is 2.20. The van der Waals surface area contributed by atoms with E-state index in [4.69, 9.17) is 0 Å². The van der Waals surface area contributed by atoms with Gasteiger partial charge < -0.3 is 4.90 Å².